The summed E-state index contributed by atoms with van der Waals surface area (Å²) in [6.45, 7) is 6.44. The molecule has 0 amide bonds. The van der Waals surface area contributed by atoms with E-state index < -0.39 is 0 Å². The van der Waals surface area contributed by atoms with Crippen LogP contribution in [0.15, 0.2) is 85.4 Å². The second-order valence-electron chi connectivity index (χ2n) is 6.45. The van der Waals surface area contributed by atoms with Crippen molar-refractivity contribution in [1.29, 1.82) is 0 Å². The molecule has 0 unspecified atom stereocenters. The maximum atomic E-state index is 5.67. The molecule has 0 spiro atoms. The first-order valence-corrected chi connectivity index (χ1v) is 8.03. The lowest BCUT2D eigenvalue weighted by Crippen LogP contribution is -2.19. The van der Waals surface area contributed by atoms with Crippen molar-refractivity contribution in [2.45, 2.75) is 26.3 Å². The number of nitrogens with zero attached hydrogens (tertiary/aromatic N) is 2. The van der Waals surface area contributed by atoms with Gasteiger partial charge in [0.1, 0.15) is 7.85 Å². The number of rotatable bonds is 2. The van der Waals surface area contributed by atoms with Crippen molar-refractivity contribution in [1.82, 2.24) is 9.55 Å². The Morgan fingerprint density at radius 3 is 1.71 bits per heavy atom. The van der Waals surface area contributed by atoms with E-state index in [1.807, 2.05) is 48.9 Å². The van der Waals surface area contributed by atoms with Gasteiger partial charge >= 0.3 is 0 Å². The van der Waals surface area contributed by atoms with Crippen molar-refractivity contribution in [3.63, 3.8) is 0 Å². The van der Waals surface area contributed by atoms with E-state index >= 15 is 0 Å². The maximum Gasteiger partial charge on any atom is 0.103 e. The summed E-state index contributed by atoms with van der Waals surface area (Å²) in [5, 5.41) is 0. The molecule has 1 heterocycles. The fraction of sp³-hybridized carbons (Fsp3) is 0.190. The zero-order valence-electron chi connectivity index (χ0n) is 14.6. The van der Waals surface area contributed by atoms with E-state index in [0.717, 1.165) is 16.7 Å². The Labute approximate surface area is 146 Å². The monoisotopic (exact) mass is 314 g/mol. The van der Waals surface area contributed by atoms with Crippen LogP contribution in [0.5, 0.6) is 0 Å². The van der Waals surface area contributed by atoms with Gasteiger partial charge in [-0.15, -0.1) is 5.98 Å². The van der Waals surface area contributed by atoms with Gasteiger partial charge in [-0.25, -0.2) is 4.98 Å². The van der Waals surface area contributed by atoms with Crippen LogP contribution >= 0.6 is 0 Å². The molecule has 0 aliphatic rings. The molecule has 0 saturated carbocycles. The van der Waals surface area contributed by atoms with E-state index in [0.29, 0.717) is 0 Å². The quantitative estimate of drug-likeness (QED) is 0.616. The van der Waals surface area contributed by atoms with Crippen LogP contribution in [0.1, 0.15) is 31.9 Å². The molecule has 0 atom stereocenters. The second kappa shape index (κ2) is 8.35. The number of benzene rings is 2. The van der Waals surface area contributed by atoms with Crippen LogP contribution in [0.3, 0.4) is 0 Å². The molecule has 2 nitrogen and oxygen atoms in total. The van der Waals surface area contributed by atoms with Gasteiger partial charge < -0.3 is 4.57 Å². The lowest BCUT2D eigenvalue weighted by molar-refractivity contribution is 0.396. The smallest absolute Gasteiger partial charge is 0.103 e. The zero-order chi connectivity index (χ0) is 17.4. The molecule has 0 N–H and O–H groups in total. The van der Waals surface area contributed by atoms with E-state index in [-0.39, 0.29) is 5.54 Å². The molecule has 3 heteroatoms. The first-order valence-electron chi connectivity index (χ1n) is 8.03. The predicted octanol–water partition coefficient (Wildman–Crippen LogP) is 4.88. The minimum Gasteiger partial charge on any atom is -0.332 e. The van der Waals surface area contributed by atoms with E-state index in [4.69, 9.17) is 7.85 Å². The topological polar surface area (TPSA) is 17.8 Å². The van der Waals surface area contributed by atoms with Crippen LogP contribution in [0.2, 0.25) is 0 Å². The first-order chi connectivity index (χ1) is 11.5. The molecule has 3 aromatic rings. The van der Waals surface area contributed by atoms with Crippen molar-refractivity contribution >= 4 is 13.4 Å². The van der Waals surface area contributed by atoms with Crippen molar-refractivity contribution in [3.8, 4) is 0 Å². The summed E-state index contributed by atoms with van der Waals surface area (Å²) in [4.78, 5) is 3.95. The van der Waals surface area contributed by atoms with E-state index in [1.54, 1.807) is 12.2 Å². The molecule has 0 fully saturated rings. The summed E-state index contributed by atoms with van der Waals surface area (Å²) in [5.41, 5.74) is 3.53. The Hall–Kier alpha value is -2.55. The fourth-order valence-corrected chi connectivity index (χ4v) is 2.25. The minimum absolute atomic E-state index is 0.177. The van der Waals surface area contributed by atoms with E-state index in [9.17, 15) is 0 Å². The standard InChI is InChI=1S/C14H11B.C7H12N2/c15-11-14(12-7-3-1-4-8-12)13-9-5-2-6-10-13;1-7(2,3)9-5-4-8-6-9/h1-11H;4-6H,1-3H3. The van der Waals surface area contributed by atoms with Gasteiger partial charge in [0.05, 0.1) is 6.33 Å². The molecule has 0 saturated heterocycles. The number of hydrogen-bond acceptors (Lipinski definition) is 1. The number of aromatic nitrogens is 2. The minimum atomic E-state index is 0.177. The summed E-state index contributed by atoms with van der Waals surface area (Å²) in [5.74, 6) is 1.66. The van der Waals surface area contributed by atoms with Crippen LogP contribution in [0.4, 0.5) is 0 Å². The van der Waals surface area contributed by atoms with Crippen LogP contribution in [0.25, 0.3) is 5.57 Å². The molecule has 24 heavy (non-hydrogen) atoms. The van der Waals surface area contributed by atoms with Gasteiger partial charge in [0.2, 0.25) is 0 Å². The Bertz CT molecular complexity index is 698. The number of hydrogen-bond donors (Lipinski definition) is 0. The molecule has 0 bridgehead atoms. The maximum absolute atomic E-state index is 5.67. The van der Waals surface area contributed by atoms with Crippen molar-refractivity contribution < 1.29 is 0 Å². The molecule has 3 rings (SSSR count). The highest BCUT2D eigenvalue weighted by atomic mass is 15.1. The van der Waals surface area contributed by atoms with E-state index in [2.05, 4.69) is 54.6 Å². The van der Waals surface area contributed by atoms with Gasteiger partial charge in [-0.1, -0.05) is 60.7 Å². The predicted molar refractivity (Wildman–Crippen MR) is 103 cm³/mol. The van der Waals surface area contributed by atoms with Gasteiger partial charge in [0.15, 0.2) is 0 Å². The Balaban J connectivity index is 0.000000198. The zero-order valence-corrected chi connectivity index (χ0v) is 14.6. The van der Waals surface area contributed by atoms with E-state index in [1.165, 1.54) is 0 Å². The van der Waals surface area contributed by atoms with Gasteiger partial charge in [0, 0.05) is 17.9 Å². The molecule has 1 aromatic heterocycles. The largest absolute Gasteiger partial charge is 0.332 e. The summed E-state index contributed by atoms with van der Waals surface area (Å²) in [6.07, 6.45) is 5.60. The first kappa shape index (κ1) is 17.8. The summed E-state index contributed by atoms with van der Waals surface area (Å²) < 4.78 is 2.08. The summed E-state index contributed by atoms with van der Waals surface area (Å²) >= 11 is 0. The fourth-order valence-electron chi connectivity index (χ4n) is 2.25. The highest BCUT2D eigenvalue weighted by Gasteiger charge is 2.09. The molecule has 0 aliphatic carbocycles. The third-order valence-corrected chi connectivity index (χ3v) is 3.62. The Morgan fingerprint density at radius 2 is 1.42 bits per heavy atom. The SMILES string of the molecule is CC(C)(C)n1ccnc1.[B]C=C(c1ccccc1)c1ccccc1. The van der Waals surface area contributed by atoms with Crippen molar-refractivity contribution in [2.24, 2.45) is 0 Å². The normalized spacial score (nSPS) is 10.5. The highest BCUT2D eigenvalue weighted by Crippen LogP contribution is 2.21. The van der Waals surface area contributed by atoms with Gasteiger partial charge in [-0.05, 0) is 37.5 Å². The Morgan fingerprint density at radius 1 is 0.917 bits per heavy atom. The van der Waals surface area contributed by atoms with Gasteiger partial charge in [-0.3, -0.25) is 0 Å². The molecular formula is C21H23BN2. The third kappa shape index (κ3) is 4.99. The van der Waals surface area contributed by atoms with Crippen molar-refractivity contribution in [2.75, 3.05) is 0 Å². The molecule has 120 valence electrons. The van der Waals surface area contributed by atoms with Gasteiger partial charge in [0.25, 0.3) is 0 Å². The molecule has 2 radical (unpaired) electrons. The van der Waals surface area contributed by atoms with Crippen LogP contribution in [-0.4, -0.2) is 17.4 Å². The van der Waals surface area contributed by atoms with Gasteiger partial charge in [-0.2, -0.15) is 0 Å². The molecular weight excluding hydrogens is 291 g/mol. The van der Waals surface area contributed by atoms with Crippen LogP contribution < -0.4 is 0 Å². The molecule has 0 aliphatic heterocycles. The average molecular weight is 314 g/mol. The summed E-state index contributed by atoms with van der Waals surface area (Å²) in [7, 11) is 5.67. The van der Waals surface area contributed by atoms with Crippen LogP contribution in [-0.2, 0) is 5.54 Å². The highest BCUT2D eigenvalue weighted by molar-refractivity contribution is 6.21. The Kier molecular flexibility index (Phi) is 6.19. The average Bonchev–Trinajstić information content (AvgIpc) is 3.13. The third-order valence-electron chi connectivity index (χ3n) is 3.62. The summed E-state index contributed by atoms with van der Waals surface area (Å²) in [6, 6.07) is 20.3. The second-order valence-corrected chi connectivity index (χ2v) is 6.45. The lowest BCUT2D eigenvalue weighted by atomic mass is 9.92. The lowest BCUT2D eigenvalue weighted by Gasteiger charge is -2.19. The number of imidazole rings is 1. The molecule has 2 aromatic carbocycles. The van der Waals surface area contributed by atoms with Crippen LogP contribution in [0, 0.1) is 0 Å². The van der Waals surface area contributed by atoms with Crippen molar-refractivity contribution in [3.05, 3.63) is 96.5 Å².